The molecule has 0 heterocycles. The summed E-state index contributed by atoms with van der Waals surface area (Å²) in [5.74, 6) is -0.287. The highest BCUT2D eigenvalue weighted by Gasteiger charge is 1.99. The molecule has 0 saturated carbocycles. The molecule has 0 aliphatic rings. The minimum atomic E-state index is -0.152. The number of hydrazone groups is 1. The van der Waals surface area contributed by atoms with E-state index in [4.69, 9.17) is 0 Å². The third-order valence-electron chi connectivity index (χ3n) is 2.51. The van der Waals surface area contributed by atoms with Gasteiger partial charge in [-0.3, -0.25) is 5.01 Å². The van der Waals surface area contributed by atoms with Crippen LogP contribution in [-0.2, 0) is 0 Å². The molecule has 0 amide bonds. The van der Waals surface area contributed by atoms with E-state index in [2.05, 4.69) is 5.10 Å². The third kappa shape index (κ3) is 2.79. The minimum Gasteiger partial charge on any atom is -0.504 e. The van der Waals surface area contributed by atoms with Crippen molar-refractivity contribution in [1.82, 2.24) is 0 Å². The number of para-hydroxylation sites is 1. The Labute approximate surface area is 105 Å². The van der Waals surface area contributed by atoms with Crippen LogP contribution in [0.2, 0.25) is 0 Å². The Hall–Kier alpha value is -2.49. The number of hydrogen-bond acceptors (Lipinski definition) is 4. The molecule has 2 aromatic carbocycles. The van der Waals surface area contributed by atoms with Crippen molar-refractivity contribution in [1.29, 1.82) is 0 Å². The second kappa shape index (κ2) is 5.23. The van der Waals surface area contributed by atoms with Crippen LogP contribution in [0.25, 0.3) is 0 Å². The van der Waals surface area contributed by atoms with E-state index in [1.165, 1.54) is 12.1 Å². The average molecular weight is 242 g/mol. The van der Waals surface area contributed by atoms with E-state index in [9.17, 15) is 10.2 Å². The monoisotopic (exact) mass is 242 g/mol. The summed E-state index contributed by atoms with van der Waals surface area (Å²) in [6, 6.07) is 14.3. The number of anilines is 1. The molecular weight excluding hydrogens is 228 g/mol. The molecule has 0 radical (unpaired) electrons. The Morgan fingerprint density at radius 3 is 2.39 bits per heavy atom. The van der Waals surface area contributed by atoms with Crippen LogP contribution in [0.4, 0.5) is 5.69 Å². The SMILES string of the molecule is CN(/N=C/c1ccc(O)c(O)c1)c1ccccc1. The molecule has 0 unspecified atom stereocenters. The van der Waals surface area contributed by atoms with E-state index < -0.39 is 0 Å². The molecule has 0 aromatic heterocycles. The van der Waals surface area contributed by atoms with Gasteiger partial charge in [-0.25, -0.2) is 0 Å². The lowest BCUT2D eigenvalue weighted by Crippen LogP contribution is -2.08. The van der Waals surface area contributed by atoms with Gasteiger partial charge in [-0.1, -0.05) is 18.2 Å². The van der Waals surface area contributed by atoms with Crippen molar-refractivity contribution < 1.29 is 10.2 Å². The van der Waals surface area contributed by atoms with Gasteiger partial charge in [0.15, 0.2) is 11.5 Å². The van der Waals surface area contributed by atoms with Crippen LogP contribution in [0, 0.1) is 0 Å². The summed E-state index contributed by atoms with van der Waals surface area (Å²) in [6.45, 7) is 0. The van der Waals surface area contributed by atoms with E-state index in [1.807, 2.05) is 37.4 Å². The Balaban J connectivity index is 2.13. The van der Waals surface area contributed by atoms with Crippen molar-refractivity contribution >= 4 is 11.9 Å². The zero-order chi connectivity index (χ0) is 13.0. The van der Waals surface area contributed by atoms with Crippen molar-refractivity contribution in [2.45, 2.75) is 0 Å². The van der Waals surface area contributed by atoms with Gasteiger partial charge in [0.2, 0.25) is 0 Å². The summed E-state index contributed by atoms with van der Waals surface area (Å²) in [7, 11) is 1.84. The first kappa shape index (κ1) is 12.0. The maximum absolute atomic E-state index is 9.36. The lowest BCUT2D eigenvalue weighted by atomic mass is 10.2. The summed E-state index contributed by atoms with van der Waals surface area (Å²) in [4.78, 5) is 0. The largest absolute Gasteiger partial charge is 0.504 e. The summed E-state index contributed by atoms with van der Waals surface area (Å²) in [5, 5.41) is 24.5. The van der Waals surface area contributed by atoms with E-state index in [0.29, 0.717) is 5.56 Å². The van der Waals surface area contributed by atoms with Crippen molar-refractivity contribution in [3.8, 4) is 11.5 Å². The van der Waals surface area contributed by atoms with Gasteiger partial charge in [0.25, 0.3) is 0 Å². The molecule has 2 rings (SSSR count). The molecule has 0 fully saturated rings. The van der Waals surface area contributed by atoms with Crippen molar-refractivity contribution in [3.05, 3.63) is 54.1 Å². The molecule has 92 valence electrons. The van der Waals surface area contributed by atoms with Crippen LogP contribution in [0.5, 0.6) is 11.5 Å². The van der Waals surface area contributed by atoms with Crippen LogP contribution in [0.15, 0.2) is 53.6 Å². The molecule has 2 aromatic rings. The van der Waals surface area contributed by atoms with Gasteiger partial charge in [0, 0.05) is 7.05 Å². The Morgan fingerprint density at radius 2 is 1.72 bits per heavy atom. The lowest BCUT2D eigenvalue weighted by molar-refractivity contribution is 0.403. The highest BCUT2D eigenvalue weighted by molar-refractivity contribution is 5.81. The molecule has 18 heavy (non-hydrogen) atoms. The zero-order valence-electron chi connectivity index (χ0n) is 9.99. The number of phenols is 2. The van der Waals surface area contributed by atoms with E-state index in [0.717, 1.165) is 5.69 Å². The van der Waals surface area contributed by atoms with Gasteiger partial charge in [0.1, 0.15) is 0 Å². The first-order chi connectivity index (χ1) is 8.66. The Bertz CT molecular complexity index is 553. The van der Waals surface area contributed by atoms with E-state index in [-0.39, 0.29) is 11.5 Å². The van der Waals surface area contributed by atoms with Crippen molar-refractivity contribution in [2.75, 3.05) is 12.1 Å². The molecule has 0 bridgehead atoms. The summed E-state index contributed by atoms with van der Waals surface area (Å²) in [6.07, 6.45) is 1.62. The first-order valence-corrected chi connectivity index (χ1v) is 5.51. The Morgan fingerprint density at radius 1 is 1.00 bits per heavy atom. The average Bonchev–Trinajstić information content (AvgIpc) is 2.41. The number of hydrogen-bond donors (Lipinski definition) is 2. The lowest BCUT2D eigenvalue weighted by Gasteiger charge is -2.12. The summed E-state index contributed by atoms with van der Waals surface area (Å²) < 4.78 is 0. The molecular formula is C14H14N2O2. The number of rotatable bonds is 3. The van der Waals surface area contributed by atoms with Crippen molar-refractivity contribution in [2.24, 2.45) is 5.10 Å². The second-order valence-corrected chi connectivity index (χ2v) is 3.85. The quantitative estimate of drug-likeness (QED) is 0.494. The molecule has 0 saturated heterocycles. The molecule has 0 aliphatic heterocycles. The van der Waals surface area contributed by atoms with Crippen LogP contribution < -0.4 is 5.01 Å². The zero-order valence-corrected chi connectivity index (χ0v) is 9.99. The predicted molar refractivity (Wildman–Crippen MR) is 72.2 cm³/mol. The summed E-state index contributed by atoms with van der Waals surface area (Å²) in [5.41, 5.74) is 1.69. The topological polar surface area (TPSA) is 56.1 Å². The summed E-state index contributed by atoms with van der Waals surface area (Å²) >= 11 is 0. The second-order valence-electron chi connectivity index (χ2n) is 3.85. The van der Waals surface area contributed by atoms with Crippen LogP contribution in [0.3, 0.4) is 0 Å². The Kier molecular flexibility index (Phi) is 3.48. The number of phenolic OH excluding ortho intramolecular Hbond substituents is 2. The molecule has 0 aliphatic carbocycles. The molecule has 4 heteroatoms. The van der Waals surface area contributed by atoms with Gasteiger partial charge >= 0.3 is 0 Å². The fourth-order valence-electron chi connectivity index (χ4n) is 1.48. The first-order valence-electron chi connectivity index (χ1n) is 5.51. The fraction of sp³-hybridized carbons (Fsp3) is 0.0714. The van der Waals surface area contributed by atoms with Gasteiger partial charge in [-0.05, 0) is 35.9 Å². The smallest absolute Gasteiger partial charge is 0.158 e. The maximum atomic E-state index is 9.36. The van der Waals surface area contributed by atoms with Crippen LogP contribution >= 0.6 is 0 Å². The van der Waals surface area contributed by atoms with Crippen LogP contribution in [0.1, 0.15) is 5.56 Å². The van der Waals surface area contributed by atoms with Crippen LogP contribution in [-0.4, -0.2) is 23.5 Å². The highest BCUT2D eigenvalue weighted by atomic mass is 16.3. The standard InChI is InChI=1S/C14H14N2O2/c1-16(12-5-3-2-4-6-12)15-10-11-7-8-13(17)14(18)9-11/h2-10,17-18H,1H3/b15-10+. The molecule has 4 nitrogen and oxygen atoms in total. The highest BCUT2D eigenvalue weighted by Crippen LogP contribution is 2.24. The molecule has 2 N–H and O–H groups in total. The van der Waals surface area contributed by atoms with E-state index in [1.54, 1.807) is 17.3 Å². The van der Waals surface area contributed by atoms with Crippen molar-refractivity contribution in [3.63, 3.8) is 0 Å². The number of nitrogens with zero attached hydrogens (tertiary/aromatic N) is 2. The normalized spacial score (nSPS) is 10.7. The minimum absolute atomic E-state index is 0.136. The maximum Gasteiger partial charge on any atom is 0.158 e. The van der Waals surface area contributed by atoms with E-state index >= 15 is 0 Å². The van der Waals surface area contributed by atoms with Gasteiger partial charge < -0.3 is 10.2 Å². The van der Waals surface area contributed by atoms with Gasteiger partial charge in [-0.15, -0.1) is 0 Å². The number of aromatic hydroxyl groups is 2. The molecule has 0 spiro atoms. The third-order valence-corrected chi connectivity index (χ3v) is 2.51. The van der Waals surface area contributed by atoms with Gasteiger partial charge in [-0.2, -0.15) is 5.10 Å². The van der Waals surface area contributed by atoms with Gasteiger partial charge in [0.05, 0.1) is 11.9 Å². The predicted octanol–water partition coefficient (Wildman–Crippen LogP) is 2.57. The molecule has 0 atom stereocenters. The fourth-order valence-corrected chi connectivity index (χ4v) is 1.48. The number of benzene rings is 2.